The Kier molecular flexibility index (Phi) is 6.16. The van der Waals surface area contributed by atoms with Gasteiger partial charge in [0, 0.05) is 17.8 Å². The molecule has 1 aliphatic rings. The summed E-state index contributed by atoms with van der Waals surface area (Å²) in [7, 11) is -3.33. The molecule has 3 aromatic rings. The number of sulfone groups is 1. The van der Waals surface area contributed by atoms with Crippen molar-refractivity contribution in [2.24, 2.45) is 0 Å². The number of nitrogens with one attached hydrogen (secondary N) is 1. The minimum absolute atomic E-state index is 0.0373. The topological polar surface area (TPSA) is 110 Å². The number of rotatable bonds is 6. The van der Waals surface area contributed by atoms with Gasteiger partial charge in [0.15, 0.2) is 20.7 Å². The molecule has 1 N–H and O–H groups in total. The summed E-state index contributed by atoms with van der Waals surface area (Å²) in [6.07, 6.45) is 2.24. The summed E-state index contributed by atoms with van der Waals surface area (Å²) in [6.45, 7) is 4.26. The van der Waals surface area contributed by atoms with Crippen molar-refractivity contribution in [2.75, 3.05) is 11.9 Å². The number of amides is 2. The molecule has 0 saturated heterocycles. The van der Waals surface area contributed by atoms with Gasteiger partial charge < -0.3 is 9.32 Å². The number of carbonyl (C=O) groups is 2. The molecular formula is C22H23N3O5S2. The minimum atomic E-state index is -3.33. The molecule has 10 heteroatoms. The second-order valence-corrected chi connectivity index (χ2v) is 11.4. The van der Waals surface area contributed by atoms with E-state index in [4.69, 9.17) is 4.42 Å². The summed E-state index contributed by atoms with van der Waals surface area (Å²) in [5, 5.41) is 2.72. The summed E-state index contributed by atoms with van der Waals surface area (Å²) in [4.78, 5) is 32.4. The maximum Gasteiger partial charge on any atom is 0.293 e. The van der Waals surface area contributed by atoms with Crippen LogP contribution in [0.2, 0.25) is 0 Å². The number of carbonyl (C=O) groups excluding carboxylic acids is 2. The molecule has 3 heterocycles. The second kappa shape index (κ2) is 8.87. The third kappa shape index (κ3) is 4.61. The first-order valence-corrected chi connectivity index (χ1v) is 12.5. The highest BCUT2D eigenvalue weighted by Gasteiger charge is 2.25. The van der Waals surface area contributed by atoms with Crippen LogP contribution in [0.25, 0.3) is 0 Å². The van der Waals surface area contributed by atoms with Crippen LogP contribution in [0, 0.1) is 0 Å². The molecule has 0 saturated carbocycles. The fourth-order valence-electron chi connectivity index (χ4n) is 3.38. The summed E-state index contributed by atoms with van der Waals surface area (Å²) < 4.78 is 29.6. The number of fused-ring (bicyclic) bond motifs is 1. The van der Waals surface area contributed by atoms with Crippen LogP contribution in [0.5, 0.6) is 0 Å². The molecule has 32 heavy (non-hydrogen) atoms. The Hall–Kier alpha value is -2.98. The molecule has 2 aromatic heterocycles. The van der Waals surface area contributed by atoms with Crippen molar-refractivity contribution in [3.05, 3.63) is 64.6 Å². The zero-order valence-corrected chi connectivity index (χ0v) is 19.3. The van der Waals surface area contributed by atoms with Crippen LogP contribution in [-0.4, -0.2) is 41.9 Å². The average molecular weight is 474 g/mol. The van der Waals surface area contributed by atoms with Gasteiger partial charge in [0.05, 0.1) is 35.1 Å². The third-order valence-corrected chi connectivity index (χ3v) is 8.45. The third-order valence-electron chi connectivity index (χ3n) is 5.28. The van der Waals surface area contributed by atoms with E-state index in [-0.39, 0.29) is 28.9 Å². The van der Waals surface area contributed by atoms with Crippen LogP contribution < -0.4 is 5.32 Å². The molecule has 0 bridgehead atoms. The van der Waals surface area contributed by atoms with Gasteiger partial charge in [0.2, 0.25) is 5.91 Å². The molecule has 0 fully saturated rings. The molecular weight excluding hydrogens is 450 g/mol. The number of benzene rings is 1. The van der Waals surface area contributed by atoms with E-state index in [1.165, 1.54) is 17.6 Å². The van der Waals surface area contributed by atoms with Crippen molar-refractivity contribution in [3.63, 3.8) is 0 Å². The Morgan fingerprint density at radius 1 is 1.22 bits per heavy atom. The van der Waals surface area contributed by atoms with E-state index in [1.807, 2.05) is 0 Å². The zero-order chi connectivity index (χ0) is 22.9. The van der Waals surface area contributed by atoms with Crippen molar-refractivity contribution in [1.82, 2.24) is 9.88 Å². The van der Waals surface area contributed by atoms with Crippen LogP contribution >= 0.6 is 11.3 Å². The van der Waals surface area contributed by atoms with E-state index >= 15 is 0 Å². The monoisotopic (exact) mass is 473 g/mol. The van der Waals surface area contributed by atoms with E-state index in [9.17, 15) is 18.0 Å². The number of aromatic nitrogens is 1. The van der Waals surface area contributed by atoms with Gasteiger partial charge in [0.1, 0.15) is 0 Å². The second-order valence-electron chi connectivity index (χ2n) is 7.80. The molecule has 1 aromatic carbocycles. The largest absolute Gasteiger partial charge is 0.459 e. The maximum atomic E-state index is 12.8. The lowest BCUT2D eigenvalue weighted by Crippen LogP contribution is -2.36. The summed E-state index contributed by atoms with van der Waals surface area (Å²) in [5.74, 6) is -0.191. The molecule has 0 unspecified atom stereocenters. The summed E-state index contributed by atoms with van der Waals surface area (Å²) in [5.41, 5.74) is 1.65. The van der Waals surface area contributed by atoms with Gasteiger partial charge in [-0.25, -0.2) is 13.4 Å². The smallest absolute Gasteiger partial charge is 0.293 e. The van der Waals surface area contributed by atoms with Crippen molar-refractivity contribution >= 4 is 38.1 Å². The first kappa shape index (κ1) is 22.2. The maximum absolute atomic E-state index is 12.8. The van der Waals surface area contributed by atoms with E-state index in [1.54, 1.807) is 55.1 Å². The number of hydrogen-bond donors (Lipinski definition) is 1. The predicted octanol–water partition coefficient (Wildman–Crippen LogP) is 3.30. The van der Waals surface area contributed by atoms with Crippen molar-refractivity contribution < 1.29 is 22.4 Å². The lowest BCUT2D eigenvalue weighted by atomic mass is 10.1. The van der Waals surface area contributed by atoms with Gasteiger partial charge in [-0.15, -0.1) is 0 Å². The Bertz CT molecular complexity index is 1230. The summed E-state index contributed by atoms with van der Waals surface area (Å²) >= 11 is 1.35. The highest BCUT2D eigenvalue weighted by Crippen LogP contribution is 2.29. The van der Waals surface area contributed by atoms with Gasteiger partial charge in [0.25, 0.3) is 5.91 Å². The summed E-state index contributed by atoms with van der Waals surface area (Å²) in [6, 6.07) is 9.72. The number of hydrogen-bond acceptors (Lipinski definition) is 7. The van der Waals surface area contributed by atoms with E-state index in [0.717, 1.165) is 16.1 Å². The zero-order valence-electron chi connectivity index (χ0n) is 17.7. The van der Waals surface area contributed by atoms with Gasteiger partial charge in [-0.05, 0) is 43.7 Å². The van der Waals surface area contributed by atoms with Gasteiger partial charge >= 0.3 is 0 Å². The Morgan fingerprint density at radius 2 is 1.97 bits per heavy atom. The van der Waals surface area contributed by atoms with Crippen molar-refractivity contribution in [1.29, 1.82) is 0 Å². The van der Waals surface area contributed by atoms with E-state index in [0.29, 0.717) is 24.6 Å². The minimum Gasteiger partial charge on any atom is -0.459 e. The Morgan fingerprint density at radius 3 is 2.62 bits per heavy atom. The molecule has 0 radical (unpaired) electrons. The van der Waals surface area contributed by atoms with Crippen LogP contribution in [0.15, 0.2) is 52.0 Å². The predicted molar refractivity (Wildman–Crippen MR) is 120 cm³/mol. The lowest BCUT2D eigenvalue weighted by Gasteiger charge is -2.26. The fourth-order valence-corrected chi connectivity index (χ4v) is 5.46. The fraction of sp³-hybridized carbons (Fsp3) is 0.318. The number of thiazole rings is 1. The highest BCUT2D eigenvalue weighted by molar-refractivity contribution is 7.92. The van der Waals surface area contributed by atoms with Crippen LogP contribution in [0.4, 0.5) is 5.13 Å². The molecule has 0 spiro atoms. The van der Waals surface area contributed by atoms with Crippen molar-refractivity contribution in [3.8, 4) is 0 Å². The van der Waals surface area contributed by atoms with Gasteiger partial charge in [-0.1, -0.05) is 23.5 Å². The lowest BCUT2D eigenvalue weighted by molar-refractivity contribution is -0.131. The molecule has 0 aliphatic carbocycles. The molecule has 4 rings (SSSR count). The van der Waals surface area contributed by atoms with Gasteiger partial charge in [-0.3, -0.25) is 14.9 Å². The standard InChI is InChI=1S/C22H23N3O5S2/c1-14(2)32(28,29)16-7-5-15(6-8-16)12-20(26)25-10-9-17-19(13-25)31-22(23-17)24-21(27)18-4-3-11-30-18/h3-8,11,14H,9-10,12-13H2,1-2H3,(H,23,24,27). The van der Waals surface area contributed by atoms with E-state index < -0.39 is 15.1 Å². The molecule has 8 nitrogen and oxygen atoms in total. The number of furan rings is 1. The van der Waals surface area contributed by atoms with Crippen LogP contribution in [0.3, 0.4) is 0 Å². The van der Waals surface area contributed by atoms with Crippen LogP contribution in [0.1, 0.15) is 40.5 Å². The molecule has 168 valence electrons. The number of anilines is 1. The molecule has 0 atom stereocenters. The first-order valence-electron chi connectivity index (χ1n) is 10.2. The first-order chi connectivity index (χ1) is 15.2. The number of nitrogens with zero attached hydrogens (tertiary/aromatic N) is 2. The van der Waals surface area contributed by atoms with Gasteiger partial charge in [-0.2, -0.15) is 0 Å². The average Bonchev–Trinajstić information content (AvgIpc) is 3.43. The van der Waals surface area contributed by atoms with E-state index in [2.05, 4.69) is 10.3 Å². The molecule has 1 aliphatic heterocycles. The van der Waals surface area contributed by atoms with Crippen LogP contribution in [-0.2, 0) is 34.0 Å². The quantitative estimate of drug-likeness (QED) is 0.588. The SMILES string of the molecule is CC(C)S(=O)(=O)c1ccc(CC(=O)N2CCc3nc(NC(=O)c4ccco4)sc3C2)cc1. The highest BCUT2D eigenvalue weighted by atomic mass is 32.2. The van der Waals surface area contributed by atoms with Crippen molar-refractivity contribution in [2.45, 2.75) is 43.4 Å². The molecule has 2 amide bonds. The normalized spacial score (nSPS) is 13.8. The Balaban J connectivity index is 1.39. The Labute approximate surface area is 190 Å².